The maximum Gasteiger partial charge on any atom is 0.252 e. The number of rotatable bonds is 7. The van der Waals surface area contributed by atoms with Gasteiger partial charge in [-0.15, -0.1) is 0 Å². The molecule has 0 aliphatic carbocycles. The first kappa shape index (κ1) is 21.2. The van der Waals surface area contributed by atoms with Crippen molar-refractivity contribution in [1.82, 2.24) is 14.7 Å². The van der Waals surface area contributed by atoms with E-state index in [2.05, 4.69) is 5.10 Å². The van der Waals surface area contributed by atoms with E-state index >= 15 is 0 Å². The number of halogens is 1. The lowest BCUT2D eigenvalue weighted by Crippen LogP contribution is -2.65. The van der Waals surface area contributed by atoms with Crippen LogP contribution in [0.5, 0.6) is 17.2 Å². The van der Waals surface area contributed by atoms with E-state index in [0.717, 1.165) is 6.42 Å². The number of carbonyl (C=O) groups excluding carboxylic acids is 2. The van der Waals surface area contributed by atoms with Gasteiger partial charge in [-0.25, -0.2) is 4.39 Å². The second-order valence-electron chi connectivity index (χ2n) is 8.21. The standard InChI is InChI=1S/C23H23FN4O5/c1-27-19-9-21(17(23(25)30)6-13(19)10-26-27)33-20-3-2-16(8-18(20)24)32-5-4-22(29)28-14-7-15(28)12-31-11-14/h2-3,6,8-10,14-15H,4-5,7,11-12H2,1H3,(H2,25,30). The van der Waals surface area contributed by atoms with Crippen molar-refractivity contribution in [3.63, 3.8) is 0 Å². The number of ether oxygens (including phenoxy) is 3. The van der Waals surface area contributed by atoms with Gasteiger partial charge in [0.1, 0.15) is 11.5 Å². The fourth-order valence-electron chi connectivity index (χ4n) is 4.36. The van der Waals surface area contributed by atoms with E-state index in [-0.39, 0.29) is 53.8 Å². The van der Waals surface area contributed by atoms with Gasteiger partial charge in [0.25, 0.3) is 5.91 Å². The van der Waals surface area contributed by atoms with E-state index in [1.54, 1.807) is 36.1 Å². The summed E-state index contributed by atoms with van der Waals surface area (Å²) in [6.07, 6.45) is 2.80. The van der Waals surface area contributed by atoms with Crippen molar-refractivity contribution < 1.29 is 28.2 Å². The topological polar surface area (TPSA) is 109 Å². The zero-order valence-corrected chi connectivity index (χ0v) is 18.0. The first-order valence-electron chi connectivity index (χ1n) is 10.7. The third-order valence-corrected chi connectivity index (χ3v) is 6.06. The van der Waals surface area contributed by atoms with Gasteiger partial charge < -0.3 is 24.8 Å². The zero-order valence-electron chi connectivity index (χ0n) is 18.0. The average Bonchev–Trinajstić information content (AvgIpc) is 3.15. The Morgan fingerprint density at radius 3 is 2.70 bits per heavy atom. The molecule has 2 unspecified atom stereocenters. The summed E-state index contributed by atoms with van der Waals surface area (Å²) in [6.45, 7) is 1.31. The normalized spacial score (nSPS) is 19.3. The average molecular weight is 454 g/mol. The predicted octanol–water partition coefficient (Wildman–Crippen LogP) is 2.37. The van der Waals surface area contributed by atoms with Gasteiger partial charge >= 0.3 is 0 Å². The van der Waals surface area contributed by atoms with Crippen LogP contribution >= 0.6 is 0 Å². The third-order valence-electron chi connectivity index (χ3n) is 6.06. The van der Waals surface area contributed by atoms with Gasteiger partial charge in [0.05, 0.1) is 55.6 Å². The first-order valence-corrected chi connectivity index (χ1v) is 10.7. The van der Waals surface area contributed by atoms with Crippen LogP contribution < -0.4 is 15.2 Å². The lowest BCUT2D eigenvalue weighted by molar-refractivity contribution is -0.167. The number of nitrogens with two attached hydrogens (primary N) is 1. The number of aryl methyl sites for hydroxylation is 1. The van der Waals surface area contributed by atoms with Crippen molar-refractivity contribution in [3.8, 4) is 17.2 Å². The Labute approximate surface area is 188 Å². The van der Waals surface area contributed by atoms with Gasteiger partial charge in [0.15, 0.2) is 11.6 Å². The highest BCUT2D eigenvalue weighted by Crippen LogP contribution is 2.33. The van der Waals surface area contributed by atoms with Crippen molar-refractivity contribution in [2.24, 2.45) is 12.8 Å². The number of primary amides is 1. The molecule has 2 amide bonds. The maximum absolute atomic E-state index is 14.7. The van der Waals surface area contributed by atoms with Crippen LogP contribution in [-0.2, 0) is 16.6 Å². The Bertz CT molecular complexity index is 1230. The Balaban J connectivity index is 1.25. The molecule has 2 aliphatic heterocycles. The highest BCUT2D eigenvalue weighted by Gasteiger charge is 2.44. The van der Waals surface area contributed by atoms with E-state index in [1.807, 2.05) is 4.90 Å². The summed E-state index contributed by atoms with van der Waals surface area (Å²) in [4.78, 5) is 26.1. The molecule has 0 saturated carbocycles. The summed E-state index contributed by atoms with van der Waals surface area (Å²) in [7, 11) is 1.75. The molecule has 2 aliphatic rings. The number of hydrogen-bond donors (Lipinski definition) is 1. The molecule has 0 radical (unpaired) electrons. The van der Waals surface area contributed by atoms with Crippen molar-refractivity contribution in [2.75, 3.05) is 19.8 Å². The van der Waals surface area contributed by atoms with Crippen LogP contribution in [0.1, 0.15) is 23.2 Å². The Hall–Kier alpha value is -3.66. The Morgan fingerprint density at radius 2 is 2.00 bits per heavy atom. The minimum absolute atomic E-state index is 0.0181. The highest BCUT2D eigenvalue weighted by molar-refractivity contribution is 6.00. The van der Waals surface area contributed by atoms with Gasteiger partial charge in [0.2, 0.25) is 5.91 Å². The van der Waals surface area contributed by atoms with Crippen molar-refractivity contribution >= 4 is 22.7 Å². The molecule has 3 aromatic rings. The lowest BCUT2D eigenvalue weighted by atomic mass is 9.91. The highest BCUT2D eigenvalue weighted by atomic mass is 19.1. The zero-order chi connectivity index (χ0) is 23.1. The predicted molar refractivity (Wildman–Crippen MR) is 116 cm³/mol. The van der Waals surface area contributed by atoms with Crippen molar-refractivity contribution in [2.45, 2.75) is 24.9 Å². The van der Waals surface area contributed by atoms with E-state index in [0.29, 0.717) is 24.1 Å². The molecular formula is C23H23FN4O5. The SMILES string of the molecule is Cn1ncc2cc(C(N)=O)c(Oc3ccc(OCCC(=O)N4C5COCC4C5)cc3F)cc21. The summed E-state index contributed by atoms with van der Waals surface area (Å²) in [5.74, 6) is -1.04. The number of fused-ring (bicyclic) bond motifs is 3. The maximum atomic E-state index is 14.7. The molecule has 2 fully saturated rings. The minimum atomic E-state index is -0.696. The van der Waals surface area contributed by atoms with Gasteiger partial charge in [-0.2, -0.15) is 5.10 Å². The number of benzene rings is 2. The molecule has 2 saturated heterocycles. The molecule has 172 valence electrons. The molecule has 2 N–H and O–H groups in total. The van der Waals surface area contributed by atoms with Crippen LogP contribution in [0.2, 0.25) is 0 Å². The van der Waals surface area contributed by atoms with Crippen molar-refractivity contribution in [1.29, 1.82) is 0 Å². The summed E-state index contributed by atoms with van der Waals surface area (Å²) < 4.78 is 33.0. The van der Waals surface area contributed by atoms with Gasteiger partial charge in [-0.05, 0) is 24.6 Å². The van der Waals surface area contributed by atoms with Crippen LogP contribution in [0.25, 0.3) is 10.9 Å². The second kappa shape index (κ2) is 8.36. The molecular weight excluding hydrogens is 431 g/mol. The molecule has 0 spiro atoms. The second-order valence-corrected chi connectivity index (χ2v) is 8.21. The van der Waals surface area contributed by atoms with E-state index < -0.39 is 11.7 Å². The Kier molecular flexibility index (Phi) is 5.37. The molecule has 1 aromatic heterocycles. The molecule has 2 aromatic carbocycles. The Morgan fingerprint density at radius 1 is 1.21 bits per heavy atom. The van der Waals surface area contributed by atoms with E-state index in [1.165, 1.54) is 12.1 Å². The monoisotopic (exact) mass is 454 g/mol. The molecule has 33 heavy (non-hydrogen) atoms. The van der Waals surface area contributed by atoms with Gasteiger partial charge in [-0.1, -0.05) is 0 Å². The van der Waals surface area contributed by atoms with Crippen LogP contribution in [0.15, 0.2) is 36.5 Å². The van der Waals surface area contributed by atoms with Gasteiger partial charge in [-0.3, -0.25) is 14.3 Å². The summed E-state index contributed by atoms with van der Waals surface area (Å²) in [6, 6.07) is 7.61. The third kappa shape index (κ3) is 3.97. The molecule has 2 atom stereocenters. The van der Waals surface area contributed by atoms with Crippen LogP contribution in [0, 0.1) is 5.82 Å². The number of hydrogen-bond acceptors (Lipinski definition) is 6. The van der Waals surface area contributed by atoms with Crippen LogP contribution in [0.3, 0.4) is 0 Å². The fourth-order valence-corrected chi connectivity index (χ4v) is 4.36. The quantitative estimate of drug-likeness (QED) is 0.587. The fraction of sp³-hybridized carbons (Fsp3) is 0.348. The number of morpholine rings is 1. The molecule has 5 rings (SSSR count). The van der Waals surface area contributed by atoms with Gasteiger partial charge in [0, 0.05) is 24.6 Å². The lowest BCUT2D eigenvalue weighted by Gasteiger charge is -2.52. The smallest absolute Gasteiger partial charge is 0.252 e. The minimum Gasteiger partial charge on any atom is -0.493 e. The van der Waals surface area contributed by atoms with Crippen LogP contribution in [0.4, 0.5) is 4.39 Å². The first-order chi connectivity index (χ1) is 15.9. The summed E-state index contributed by atoms with van der Waals surface area (Å²) >= 11 is 0. The largest absolute Gasteiger partial charge is 0.493 e. The van der Waals surface area contributed by atoms with E-state index in [4.69, 9.17) is 19.9 Å². The number of nitrogens with zero attached hydrogens (tertiary/aromatic N) is 3. The molecule has 3 heterocycles. The summed E-state index contributed by atoms with van der Waals surface area (Å²) in [5, 5.41) is 4.85. The number of carbonyl (C=O) groups is 2. The van der Waals surface area contributed by atoms with Crippen molar-refractivity contribution in [3.05, 3.63) is 47.9 Å². The number of aromatic nitrogens is 2. The molecule has 2 bridgehead atoms. The molecule has 10 heteroatoms. The number of amides is 2. The molecule has 9 nitrogen and oxygen atoms in total. The summed E-state index contributed by atoms with van der Waals surface area (Å²) in [5.41, 5.74) is 6.30. The van der Waals surface area contributed by atoms with E-state index in [9.17, 15) is 14.0 Å². The van der Waals surface area contributed by atoms with Crippen LogP contribution in [-0.4, -0.2) is 58.4 Å².